The van der Waals surface area contributed by atoms with Crippen molar-refractivity contribution in [2.24, 2.45) is 10.9 Å². The smallest absolute Gasteiger partial charge is 0.0359 e. The van der Waals surface area contributed by atoms with Crippen LogP contribution in [0.2, 0.25) is 0 Å². The Labute approximate surface area is 81.3 Å². The van der Waals surface area contributed by atoms with Crippen LogP contribution in [0.25, 0.3) is 0 Å². The zero-order valence-electron chi connectivity index (χ0n) is 9.09. The van der Waals surface area contributed by atoms with Crippen molar-refractivity contribution in [1.82, 2.24) is 0 Å². The Morgan fingerprint density at radius 3 is 2.23 bits per heavy atom. The molecule has 1 aliphatic rings. The van der Waals surface area contributed by atoms with Crippen molar-refractivity contribution in [3.8, 4) is 0 Å². The van der Waals surface area contributed by atoms with Gasteiger partial charge in [0, 0.05) is 11.9 Å². The van der Waals surface area contributed by atoms with Gasteiger partial charge < -0.3 is 0 Å². The number of hydrogen-bond donors (Lipinski definition) is 0. The fourth-order valence-corrected chi connectivity index (χ4v) is 1.13. The van der Waals surface area contributed by atoms with E-state index in [-0.39, 0.29) is 0 Å². The van der Waals surface area contributed by atoms with E-state index >= 15 is 0 Å². The van der Waals surface area contributed by atoms with Gasteiger partial charge in [0.05, 0.1) is 0 Å². The molecule has 1 nitrogen and oxygen atoms in total. The van der Waals surface area contributed by atoms with Crippen LogP contribution in [-0.2, 0) is 0 Å². The van der Waals surface area contributed by atoms with Gasteiger partial charge in [0.15, 0.2) is 0 Å². The highest BCUT2D eigenvalue weighted by molar-refractivity contribution is 5.80. The summed E-state index contributed by atoms with van der Waals surface area (Å²) in [6.07, 6.45) is 6.90. The van der Waals surface area contributed by atoms with Crippen molar-refractivity contribution >= 4 is 6.21 Å². The highest BCUT2D eigenvalue weighted by Crippen LogP contribution is 2.35. The molecule has 0 aromatic rings. The second-order valence-corrected chi connectivity index (χ2v) is 3.91. The minimum absolute atomic E-state index is 0.804. The first-order valence-electron chi connectivity index (χ1n) is 4.99. The maximum Gasteiger partial charge on any atom is 0.0359 e. The van der Waals surface area contributed by atoms with Crippen LogP contribution in [0, 0.1) is 5.92 Å². The zero-order chi connectivity index (χ0) is 9.84. The maximum absolute atomic E-state index is 4.44. The van der Waals surface area contributed by atoms with Crippen molar-refractivity contribution in [2.45, 2.75) is 40.5 Å². The van der Waals surface area contributed by atoms with Gasteiger partial charge in [-0.3, -0.25) is 4.99 Å². The van der Waals surface area contributed by atoms with E-state index in [2.05, 4.69) is 38.8 Å². The minimum atomic E-state index is 0.804. The first kappa shape index (κ1) is 10.2. The lowest BCUT2D eigenvalue weighted by Crippen LogP contribution is -1.87. The Bertz CT molecular complexity index is 261. The molecule has 1 heteroatoms. The fourth-order valence-electron chi connectivity index (χ4n) is 1.13. The lowest BCUT2D eigenvalue weighted by Gasteiger charge is -1.98. The standard InChI is InChI=1S/C12H19N/c1-5-11(12-6-7-12)8-13-10(4)9(2)3/h5,8,12H,6-7H2,1-4H3/b11-5+,13-8-. The highest BCUT2D eigenvalue weighted by Gasteiger charge is 2.23. The Balaban J connectivity index is 2.60. The van der Waals surface area contributed by atoms with E-state index in [0.29, 0.717) is 0 Å². The first-order valence-corrected chi connectivity index (χ1v) is 4.99. The molecule has 0 saturated heterocycles. The van der Waals surface area contributed by atoms with Gasteiger partial charge in [0.1, 0.15) is 0 Å². The summed E-state index contributed by atoms with van der Waals surface area (Å²) in [5, 5.41) is 0. The molecule has 0 N–H and O–H groups in total. The molecule has 1 rings (SSSR count). The molecule has 0 aromatic heterocycles. The molecule has 0 aliphatic heterocycles. The van der Waals surface area contributed by atoms with Gasteiger partial charge in [-0.1, -0.05) is 11.6 Å². The Kier molecular flexibility index (Phi) is 3.47. The third-order valence-electron chi connectivity index (χ3n) is 2.51. The number of hydrogen-bond acceptors (Lipinski definition) is 1. The maximum atomic E-state index is 4.44. The number of rotatable bonds is 3. The summed E-state index contributed by atoms with van der Waals surface area (Å²) in [6, 6.07) is 0. The van der Waals surface area contributed by atoms with Crippen LogP contribution in [0.1, 0.15) is 40.5 Å². The molecular formula is C12H19N. The third-order valence-corrected chi connectivity index (χ3v) is 2.51. The molecule has 1 fully saturated rings. The van der Waals surface area contributed by atoms with Gasteiger partial charge in [-0.2, -0.15) is 0 Å². The van der Waals surface area contributed by atoms with E-state index in [9.17, 15) is 0 Å². The van der Waals surface area contributed by atoms with Crippen molar-refractivity contribution < 1.29 is 0 Å². The highest BCUT2D eigenvalue weighted by atomic mass is 14.7. The summed E-state index contributed by atoms with van der Waals surface area (Å²) < 4.78 is 0. The van der Waals surface area contributed by atoms with E-state index < -0.39 is 0 Å². The number of nitrogens with zero attached hydrogens (tertiary/aromatic N) is 1. The Morgan fingerprint density at radius 1 is 1.23 bits per heavy atom. The molecular weight excluding hydrogens is 158 g/mol. The number of aliphatic imine (C=N–C) groups is 1. The molecule has 0 radical (unpaired) electrons. The van der Waals surface area contributed by atoms with E-state index in [1.54, 1.807) is 0 Å². The molecule has 0 heterocycles. The van der Waals surface area contributed by atoms with Crippen LogP contribution in [0.5, 0.6) is 0 Å². The van der Waals surface area contributed by atoms with Crippen LogP contribution < -0.4 is 0 Å². The predicted molar refractivity (Wildman–Crippen MR) is 59.0 cm³/mol. The summed E-state index contributed by atoms with van der Waals surface area (Å²) in [5.41, 5.74) is 3.84. The molecule has 0 amide bonds. The largest absolute Gasteiger partial charge is 0.261 e. The molecule has 0 spiro atoms. The summed E-state index contributed by atoms with van der Waals surface area (Å²) in [4.78, 5) is 4.44. The quantitative estimate of drug-likeness (QED) is 0.582. The summed E-state index contributed by atoms with van der Waals surface area (Å²) in [7, 11) is 0. The van der Waals surface area contributed by atoms with Crippen molar-refractivity contribution in [1.29, 1.82) is 0 Å². The second kappa shape index (κ2) is 4.40. The monoisotopic (exact) mass is 177 g/mol. The van der Waals surface area contributed by atoms with Crippen LogP contribution >= 0.6 is 0 Å². The topological polar surface area (TPSA) is 12.4 Å². The van der Waals surface area contributed by atoms with Crippen LogP contribution in [0.15, 0.2) is 27.9 Å². The minimum Gasteiger partial charge on any atom is -0.261 e. The van der Waals surface area contributed by atoms with Gasteiger partial charge in [0.25, 0.3) is 0 Å². The SMILES string of the molecule is C/C=C(\C=N/C(C)=C(C)C)C1CC1. The lowest BCUT2D eigenvalue weighted by atomic mass is 10.2. The van der Waals surface area contributed by atoms with Gasteiger partial charge in [0.2, 0.25) is 0 Å². The molecule has 0 bridgehead atoms. The lowest BCUT2D eigenvalue weighted by molar-refractivity contribution is 1.07. The third kappa shape index (κ3) is 3.17. The summed E-state index contributed by atoms with van der Waals surface area (Å²) in [6.45, 7) is 8.35. The van der Waals surface area contributed by atoms with Gasteiger partial charge >= 0.3 is 0 Å². The van der Waals surface area contributed by atoms with Gasteiger partial charge in [-0.05, 0) is 52.0 Å². The van der Waals surface area contributed by atoms with Crippen LogP contribution in [-0.4, -0.2) is 6.21 Å². The first-order chi connectivity index (χ1) is 6.15. The molecule has 0 unspecified atom stereocenters. The van der Waals surface area contributed by atoms with Crippen molar-refractivity contribution in [3.63, 3.8) is 0 Å². The van der Waals surface area contributed by atoms with E-state index in [1.807, 2.05) is 6.21 Å². The van der Waals surface area contributed by atoms with E-state index in [1.165, 1.54) is 24.0 Å². The predicted octanol–water partition coefficient (Wildman–Crippen LogP) is 3.73. The zero-order valence-corrected chi connectivity index (χ0v) is 9.09. The van der Waals surface area contributed by atoms with Crippen molar-refractivity contribution in [2.75, 3.05) is 0 Å². The average Bonchev–Trinajstić information content (AvgIpc) is 2.88. The molecule has 13 heavy (non-hydrogen) atoms. The second-order valence-electron chi connectivity index (χ2n) is 3.91. The molecule has 0 atom stereocenters. The summed E-state index contributed by atoms with van der Waals surface area (Å²) in [5.74, 6) is 0.804. The normalized spacial score (nSPS) is 18.0. The van der Waals surface area contributed by atoms with Crippen LogP contribution in [0.3, 0.4) is 0 Å². The summed E-state index contributed by atoms with van der Waals surface area (Å²) >= 11 is 0. The van der Waals surface area contributed by atoms with Gasteiger partial charge in [-0.25, -0.2) is 0 Å². The molecule has 1 aliphatic carbocycles. The van der Waals surface area contributed by atoms with E-state index in [0.717, 1.165) is 11.6 Å². The average molecular weight is 177 g/mol. The molecule has 1 saturated carbocycles. The van der Waals surface area contributed by atoms with Crippen molar-refractivity contribution in [3.05, 3.63) is 22.9 Å². The Hall–Kier alpha value is -0.850. The molecule has 72 valence electrons. The van der Waals surface area contributed by atoms with Crippen LogP contribution in [0.4, 0.5) is 0 Å². The van der Waals surface area contributed by atoms with E-state index in [4.69, 9.17) is 0 Å². The Morgan fingerprint density at radius 2 is 1.85 bits per heavy atom. The fraction of sp³-hybridized carbons (Fsp3) is 0.583. The molecule has 0 aromatic carbocycles. The number of allylic oxidation sites excluding steroid dienone is 4. The van der Waals surface area contributed by atoms with Gasteiger partial charge in [-0.15, -0.1) is 0 Å².